The van der Waals surface area contributed by atoms with Gasteiger partial charge in [0.15, 0.2) is 0 Å². The minimum atomic E-state index is 1.17. The molecule has 12 heteroatoms. The summed E-state index contributed by atoms with van der Waals surface area (Å²) in [5.74, 6) is 0. The minimum absolute atomic E-state index is 1.17. The third-order valence-corrected chi connectivity index (χ3v) is 1.04. The van der Waals surface area contributed by atoms with Crippen molar-refractivity contribution >= 4 is 6.08 Å². The molecule has 20 heavy (non-hydrogen) atoms. The van der Waals surface area contributed by atoms with E-state index in [1.165, 1.54) is 5.56 Å². The Balaban J connectivity index is -0.0000000350. The van der Waals surface area contributed by atoms with E-state index < -0.39 is 0 Å². The maximum Gasteiger partial charge on any atom is -0.0263 e. The molecule has 124 valence electrons. The molecule has 0 spiro atoms. The molecule has 0 amide bonds. The maximum atomic E-state index is 8.50. The van der Waals surface area contributed by atoms with Gasteiger partial charge in [-0.05, 0) is 5.56 Å². The highest BCUT2D eigenvalue weighted by Crippen LogP contribution is 1.97. The second kappa shape index (κ2) is 86.3. The van der Waals surface area contributed by atoms with Crippen LogP contribution < -0.4 is 0 Å². The molecular formula is C8H14F6O6. The first-order chi connectivity index (χ1) is 9.93. The molecule has 1 rings (SSSR count). The van der Waals surface area contributed by atoms with Gasteiger partial charge in [-0.2, -0.15) is 0 Å². The van der Waals surface area contributed by atoms with Gasteiger partial charge in [0.2, 0.25) is 0 Å². The molecule has 0 bridgehead atoms. The summed E-state index contributed by atoms with van der Waals surface area (Å²) < 4.78 is 51.0. The van der Waals surface area contributed by atoms with E-state index >= 15 is 0 Å². The van der Waals surface area contributed by atoms with Gasteiger partial charge in [0.1, 0.15) is 0 Å². The van der Waals surface area contributed by atoms with Crippen LogP contribution in [0.15, 0.2) is 36.9 Å². The van der Waals surface area contributed by atoms with Crippen molar-refractivity contribution in [1.82, 2.24) is 0 Å². The minimum Gasteiger partial charge on any atom is -0.209 e. The summed E-state index contributed by atoms with van der Waals surface area (Å²) in [5, 5.41) is 33.0. The molecule has 0 radical (unpaired) electrons. The lowest BCUT2D eigenvalue weighted by atomic mass is 10.2. The average Bonchev–Trinajstić information content (AvgIpc) is 2.66. The molecule has 0 fully saturated rings. The van der Waals surface area contributed by atoms with E-state index in [4.69, 9.17) is 59.0 Å². The molecular weight excluding hydrogens is 306 g/mol. The number of rotatable bonds is 1. The molecule has 0 saturated heterocycles. The van der Waals surface area contributed by atoms with E-state index in [9.17, 15) is 0 Å². The zero-order valence-corrected chi connectivity index (χ0v) is 9.62. The lowest BCUT2D eigenvalue weighted by molar-refractivity contribution is -0.0442. The highest BCUT2D eigenvalue weighted by atomic mass is 19.3. The fourth-order valence-electron chi connectivity index (χ4n) is 0.589. The summed E-state index contributed by atoms with van der Waals surface area (Å²) in [6.07, 6.45) is 1.83. The fourth-order valence-corrected chi connectivity index (χ4v) is 0.589. The van der Waals surface area contributed by atoms with Crippen molar-refractivity contribution in [2.45, 2.75) is 0 Å². The van der Waals surface area contributed by atoms with E-state index in [1.807, 2.05) is 36.4 Å². The van der Waals surface area contributed by atoms with Crippen LogP contribution in [0.4, 0.5) is 27.2 Å². The number of halogens is 6. The normalized spacial score (nSPS) is 5.20. The van der Waals surface area contributed by atoms with E-state index in [2.05, 4.69) is 6.58 Å². The van der Waals surface area contributed by atoms with Gasteiger partial charge in [0, 0.05) is 0 Å². The van der Waals surface area contributed by atoms with Crippen molar-refractivity contribution in [1.29, 1.82) is 0 Å². The van der Waals surface area contributed by atoms with Crippen LogP contribution in [-0.4, -0.2) is 31.9 Å². The van der Waals surface area contributed by atoms with Gasteiger partial charge in [-0.25, -0.2) is 31.9 Å². The average molecular weight is 320 g/mol. The SMILES string of the molecule is C=Cc1ccccc1.OF.OF.OF.OF.OF.OF. The molecule has 1 aromatic rings. The van der Waals surface area contributed by atoms with E-state index in [-0.39, 0.29) is 0 Å². The summed E-state index contributed by atoms with van der Waals surface area (Å²) in [4.78, 5) is 0. The van der Waals surface area contributed by atoms with Crippen LogP contribution in [0, 0.1) is 0 Å². The summed E-state index contributed by atoms with van der Waals surface area (Å²) >= 11 is 0. The molecule has 0 aliphatic rings. The van der Waals surface area contributed by atoms with Crippen molar-refractivity contribution in [3.05, 3.63) is 42.5 Å². The van der Waals surface area contributed by atoms with Gasteiger partial charge in [0.25, 0.3) is 0 Å². The van der Waals surface area contributed by atoms with Gasteiger partial charge in [-0.15, -0.1) is 0 Å². The molecule has 0 aliphatic carbocycles. The summed E-state index contributed by atoms with van der Waals surface area (Å²) in [7, 11) is 0. The Morgan fingerprint density at radius 1 is 0.600 bits per heavy atom. The van der Waals surface area contributed by atoms with Crippen molar-refractivity contribution in [3.8, 4) is 0 Å². The quantitative estimate of drug-likeness (QED) is 0.436. The van der Waals surface area contributed by atoms with Crippen LogP contribution in [0.25, 0.3) is 6.08 Å². The maximum absolute atomic E-state index is 8.50. The Hall–Kier alpha value is -1.70. The molecule has 0 saturated carbocycles. The van der Waals surface area contributed by atoms with Crippen LogP contribution in [0.1, 0.15) is 5.56 Å². The van der Waals surface area contributed by atoms with Crippen LogP contribution >= 0.6 is 0 Å². The second-order valence-corrected chi connectivity index (χ2v) is 1.61. The van der Waals surface area contributed by atoms with E-state index in [0.717, 1.165) is 0 Å². The van der Waals surface area contributed by atoms with Gasteiger partial charge in [0.05, 0.1) is 0 Å². The number of hydrogen-bond donors (Lipinski definition) is 6. The first kappa shape index (κ1) is 36.2. The zero-order valence-electron chi connectivity index (χ0n) is 9.62. The van der Waals surface area contributed by atoms with E-state index in [1.54, 1.807) is 0 Å². The van der Waals surface area contributed by atoms with Gasteiger partial charge >= 0.3 is 0 Å². The van der Waals surface area contributed by atoms with Gasteiger partial charge < -0.3 is 0 Å². The molecule has 6 N–H and O–H groups in total. The largest absolute Gasteiger partial charge is 0.209 e. The van der Waals surface area contributed by atoms with Crippen LogP contribution in [-0.2, 0) is 0 Å². The fraction of sp³-hybridized carbons (Fsp3) is 0. The molecule has 6 nitrogen and oxygen atoms in total. The lowest BCUT2D eigenvalue weighted by Crippen LogP contribution is -1.63. The van der Waals surface area contributed by atoms with Crippen molar-refractivity contribution in [3.63, 3.8) is 0 Å². The standard InChI is InChI=1S/C8H8.6FHO/c1-2-8-6-4-3-5-7-8;6*1-2/h2-7H,1H2;6*2H. The molecule has 0 aliphatic heterocycles. The second-order valence-electron chi connectivity index (χ2n) is 1.61. The van der Waals surface area contributed by atoms with E-state index in [0.29, 0.717) is 0 Å². The number of benzene rings is 1. The first-order valence-electron chi connectivity index (χ1n) is 3.62. The third kappa shape index (κ3) is 55.4. The van der Waals surface area contributed by atoms with Crippen molar-refractivity contribution < 1.29 is 59.0 Å². The lowest BCUT2D eigenvalue weighted by Gasteiger charge is -1.85. The summed E-state index contributed by atoms with van der Waals surface area (Å²) in [6.45, 7) is 3.63. The zero-order chi connectivity index (χ0) is 17.8. The van der Waals surface area contributed by atoms with Crippen LogP contribution in [0.5, 0.6) is 0 Å². The highest BCUT2D eigenvalue weighted by Gasteiger charge is 1.75. The highest BCUT2D eigenvalue weighted by molar-refractivity contribution is 5.45. The summed E-state index contributed by atoms with van der Waals surface area (Å²) in [5.41, 5.74) is 1.17. The smallest absolute Gasteiger partial charge is 0.0263 e. The summed E-state index contributed by atoms with van der Waals surface area (Å²) in [6, 6.07) is 10.0. The topological polar surface area (TPSA) is 121 Å². The van der Waals surface area contributed by atoms with Crippen molar-refractivity contribution in [2.75, 3.05) is 0 Å². The first-order valence-corrected chi connectivity index (χ1v) is 3.62. The monoisotopic (exact) mass is 320 g/mol. The molecule has 0 aromatic heterocycles. The molecule has 0 heterocycles. The Kier molecular flexibility index (Phi) is 156. The predicted octanol–water partition coefficient (Wildman–Crippen LogP) is 1.51. The molecule has 0 atom stereocenters. The van der Waals surface area contributed by atoms with Crippen LogP contribution in [0.3, 0.4) is 0 Å². The predicted molar refractivity (Wildman–Crippen MR) is 56.5 cm³/mol. The molecule has 0 unspecified atom stereocenters. The molecule has 1 aromatic carbocycles. The van der Waals surface area contributed by atoms with Gasteiger partial charge in [-0.3, -0.25) is 0 Å². The Morgan fingerprint density at radius 3 is 1.00 bits per heavy atom. The Bertz CT molecular complexity index is 194. The number of hydrogen-bond acceptors (Lipinski definition) is 6. The third-order valence-electron chi connectivity index (χ3n) is 1.04. The van der Waals surface area contributed by atoms with Crippen molar-refractivity contribution in [2.24, 2.45) is 0 Å². The van der Waals surface area contributed by atoms with Crippen LogP contribution in [0.2, 0.25) is 0 Å². The van der Waals surface area contributed by atoms with Gasteiger partial charge in [-0.1, -0.05) is 70.1 Å². The Labute approximate surface area is 109 Å². The Morgan fingerprint density at radius 2 is 0.850 bits per heavy atom.